The van der Waals surface area contributed by atoms with Crippen molar-refractivity contribution in [2.24, 2.45) is 0 Å². The van der Waals surface area contributed by atoms with Crippen molar-refractivity contribution in [1.82, 2.24) is 5.32 Å². The number of benzene rings is 1. The van der Waals surface area contributed by atoms with Crippen LogP contribution in [0.2, 0.25) is 0 Å². The first-order chi connectivity index (χ1) is 9.04. The predicted octanol–water partition coefficient (Wildman–Crippen LogP) is 0.990. The Labute approximate surface area is 116 Å². The van der Waals surface area contributed by atoms with E-state index in [-0.39, 0.29) is 17.7 Å². The van der Waals surface area contributed by atoms with Crippen molar-refractivity contribution in [2.45, 2.75) is 12.2 Å². The van der Waals surface area contributed by atoms with Crippen LogP contribution in [0, 0.1) is 0 Å². The molecule has 0 aliphatic rings. The van der Waals surface area contributed by atoms with Gasteiger partial charge in [-0.25, -0.2) is 0 Å². The fourth-order valence-corrected chi connectivity index (χ4v) is 1.80. The van der Waals surface area contributed by atoms with E-state index in [1.165, 1.54) is 0 Å². The molecule has 0 saturated heterocycles. The van der Waals surface area contributed by atoms with Crippen molar-refractivity contribution in [3.8, 4) is 5.75 Å². The molecule has 0 spiro atoms. The highest BCUT2D eigenvalue weighted by molar-refractivity contribution is 7.84. The second-order valence-corrected chi connectivity index (χ2v) is 5.99. The van der Waals surface area contributed by atoms with E-state index in [1.807, 2.05) is 19.1 Å². The second kappa shape index (κ2) is 7.91. The predicted molar refractivity (Wildman–Crippen MR) is 78.0 cm³/mol. The van der Waals surface area contributed by atoms with E-state index in [4.69, 9.17) is 4.74 Å². The van der Waals surface area contributed by atoms with E-state index in [0.717, 1.165) is 0 Å². The summed E-state index contributed by atoms with van der Waals surface area (Å²) in [6.45, 7) is 2.60. The van der Waals surface area contributed by atoms with E-state index < -0.39 is 10.8 Å². The van der Waals surface area contributed by atoms with Gasteiger partial charge in [0.05, 0.1) is 19.3 Å². The second-order valence-electron chi connectivity index (χ2n) is 4.19. The van der Waals surface area contributed by atoms with Crippen molar-refractivity contribution >= 4 is 22.4 Å². The Morgan fingerprint density at radius 3 is 2.74 bits per heavy atom. The number of amides is 1. The van der Waals surface area contributed by atoms with Crippen LogP contribution in [-0.4, -0.2) is 41.8 Å². The zero-order valence-electron chi connectivity index (χ0n) is 11.4. The van der Waals surface area contributed by atoms with Gasteiger partial charge in [0.15, 0.2) is 0 Å². The number of hydrogen-bond donors (Lipinski definition) is 2. The summed E-state index contributed by atoms with van der Waals surface area (Å²) in [7, 11) is 0.675. The molecule has 1 aromatic rings. The summed E-state index contributed by atoms with van der Waals surface area (Å²) in [6.07, 6.45) is 1.65. The average molecular weight is 284 g/mol. The Balaban J connectivity index is 2.41. The van der Waals surface area contributed by atoms with Gasteiger partial charge >= 0.3 is 0 Å². The largest absolute Gasteiger partial charge is 0.495 e. The van der Waals surface area contributed by atoms with E-state index in [9.17, 15) is 9.00 Å². The van der Waals surface area contributed by atoms with Gasteiger partial charge in [-0.2, -0.15) is 0 Å². The zero-order chi connectivity index (χ0) is 14.3. The molecule has 0 aliphatic heterocycles. The number of carbonyl (C=O) groups excluding carboxylic acids is 1. The van der Waals surface area contributed by atoms with E-state index in [0.29, 0.717) is 18.0 Å². The lowest BCUT2D eigenvalue weighted by Gasteiger charge is -2.12. The summed E-state index contributed by atoms with van der Waals surface area (Å²) in [5, 5.41) is 5.77. The standard InChI is InChI=1S/C13H20N2O3S/c1-10(19(3)17)8-14-9-13(16)15-11-6-4-5-7-12(11)18-2/h4-7,10,14H,8-9H2,1-3H3,(H,15,16). The molecule has 0 fully saturated rings. The van der Waals surface area contributed by atoms with E-state index >= 15 is 0 Å². The molecule has 2 atom stereocenters. The number of methoxy groups -OCH3 is 1. The van der Waals surface area contributed by atoms with Crippen LogP contribution >= 0.6 is 0 Å². The van der Waals surface area contributed by atoms with Gasteiger partial charge in [-0.1, -0.05) is 12.1 Å². The number of hydrogen-bond acceptors (Lipinski definition) is 4. The van der Waals surface area contributed by atoms with Crippen LogP contribution in [0.4, 0.5) is 5.69 Å². The quantitative estimate of drug-likeness (QED) is 0.783. The maximum absolute atomic E-state index is 11.7. The molecule has 5 nitrogen and oxygen atoms in total. The molecular formula is C13H20N2O3S. The molecule has 0 bridgehead atoms. The third-order valence-electron chi connectivity index (χ3n) is 2.67. The van der Waals surface area contributed by atoms with Gasteiger partial charge in [-0.05, 0) is 19.1 Å². The molecule has 0 radical (unpaired) electrons. The van der Waals surface area contributed by atoms with Crippen molar-refractivity contribution < 1.29 is 13.7 Å². The summed E-state index contributed by atoms with van der Waals surface area (Å²) in [4.78, 5) is 11.7. The molecule has 19 heavy (non-hydrogen) atoms. The number of nitrogens with one attached hydrogen (secondary N) is 2. The highest BCUT2D eigenvalue weighted by atomic mass is 32.2. The summed E-state index contributed by atoms with van der Waals surface area (Å²) >= 11 is 0. The fourth-order valence-electron chi connectivity index (χ4n) is 1.45. The topological polar surface area (TPSA) is 67.4 Å². The number of ether oxygens (including phenoxy) is 1. The van der Waals surface area contributed by atoms with Crippen molar-refractivity contribution in [2.75, 3.05) is 31.8 Å². The highest BCUT2D eigenvalue weighted by Gasteiger charge is 2.09. The SMILES string of the molecule is COc1ccccc1NC(=O)CNCC(C)S(C)=O. The van der Waals surface area contributed by atoms with Gasteiger partial charge in [-0.3, -0.25) is 9.00 Å². The number of carbonyl (C=O) groups is 1. The molecule has 106 valence electrons. The van der Waals surface area contributed by atoms with E-state index in [1.54, 1.807) is 25.5 Å². The molecule has 1 amide bonds. The molecule has 0 aliphatic carbocycles. The monoisotopic (exact) mass is 284 g/mol. The van der Waals surface area contributed by atoms with Crippen LogP contribution in [0.25, 0.3) is 0 Å². The zero-order valence-corrected chi connectivity index (χ0v) is 12.3. The van der Waals surface area contributed by atoms with Crippen LogP contribution in [0.3, 0.4) is 0 Å². The Morgan fingerprint density at radius 1 is 1.42 bits per heavy atom. The number of rotatable bonds is 7. The normalized spacial score (nSPS) is 13.6. The average Bonchev–Trinajstić information content (AvgIpc) is 2.39. The first-order valence-electron chi connectivity index (χ1n) is 6.00. The van der Waals surface area contributed by atoms with Gasteiger partial charge in [0.2, 0.25) is 5.91 Å². The minimum absolute atomic E-state index is 0.0269. The van der Waals surface area contributed by atoms with Gasteiger partial charge in [0.1, 0.15) is 5.75 Å². The fraction of sp³-hybridized carbons (Fsp3) is 0.462. The molecule has 1 aromatic carbocycles. The van der Waals surface area contributed by atoms with Gasteiger partial charge in [-0.15, -0.1) is 0 Å². The molecule has 6 heteroatoms. The summed E-state index contributed by atoms with van der Waals surface area (Å²) in [5.41, 5.74) is 0.643. The first kappa shape index (κ1) is 15.7. The minimum Gasteiger partial charge on any atom is -0.495 e. The maximum Gasteiger partial charge on any atom is 0.238 e. The lowest BCUT2D eigenvalue weighted by molar-refractivity contribution is -0.115. The van der Waals surface area contributed by atoms with Gasteiger partial charge < -0.3 is 15.4 Å². The van der Waals surface area contributed by atoms with Crippen molar-refractivity contribution in [3.05, 3.63) is 24.3 Å². The number of para-hydroxylation sites is 2. The Morgan fingerprint density at radius 2 is 2.11 bits per heavy atom. The summed E-state index contributed by atoms with van der Waals surface area (Å²) in [6, 6.07) is 7.23. The number of anilines is 1. The lowest BCUT2D eigenvalue weighted by atomic mass is 10.3. The first-order valence-corrected chi connectivity index (χ1v) is 7.62. The highest BCUT2D eigenvalue weighted by Crippen LogP contribution is 2.22. The third-order valence-corrected chi connectivity index (χ3v) is 3.96. The minimum atomic E-state index is -0.882. The van der Waals surface area contributed by atoms with Crippen molar-refractivity contribution in [1.29, 1.82) is 0 Å². The summed E-state index contributed by atoms with van der Waals surface area (Å²) < 4.78 is 16.3. The lowest BCUT2D eigenvalue weighted by Crippen LogP contribution is -2.34. The van der Waals surface area contributed by atoms with Crippen LogP contribution in [0.5, 0.6) is 5.75 Å². The molecule has 0 saturated carbocycles. The molecular weight excluding hydrogens is 264 g/mol. The van der Waals surface area contributed by atoms with Crippen LogP contribution < -0.4 is 15.4 Å². The van der Waals surface area contributed by atoms with Crippen LogP contribution in [0.15, 0.2) is 24.3 Å². The van der Waals surface area contributed by atoms with Gasteiger partial charge in [0.25, 0.3) is 0 Å². The maximum atomic E-state index is 11.7. The summed E-state index contributed by atoms with van der Waals surface area (Å²) in [5.74, 6) is 0.470. The van der Waals surface area contributed by atoms with Crippen LogP contribution in [0.1, 0.15) is 6.92 Å². The van der Waals surface area contributed by atoms with Crippen LogP contribution in [-0.2, 0) is 15.6 Å². The Hall–Kier alpha value is -1.40. The smallest absolute Gasteiger partial charge is 0.238 e. The van der Waals surface area contributed by atoms with Crippen molar-refractivity contribution in [3.63, 3.8) is 0 Å². The van der Waals surface area contributed by atoms with E-state index in [2.05, 4.69) is 10.6 Å². The molecule has 0 heterocycles. The molecule has 2 N–H and O–H groups in total. The Kier molecular flexibility index (Phi) is 6.52. The molecule has 1 rings (SSSR count). The Bertz CT molecular complexity index is 451. The third kappa shape index (κ3) is 5.40. The molecule has 0 aromatic heterocycles. The molecule has 2 unspecified atom stereocenters. The van der Waals surface area contributed by atoms with Gasteiger partial charge in [0, 0.05) is 28.9 Å².